The Morgan fingerprint density at radius 2 is 1.85 bits per heavy atom. The summed E-state index contributed by atoms with van der Waals surface area (Å²) < 4.78 is 0. The quantitative estimate of drug-likeness (QED) is 0.276. The minimum absolute atomic E-state index is 0.401. The number of hydroxylamine groups is 1. The molecule has 5 N–H and O–H groups in total. The third-order valence-corrected chi connectivity index (χ3v) is 4.45. The first kappa shape index (κ1) is 22.4. The number of benzene rings is 1. The predicted octanol–water partition coefficient (Wildman–Crippen LogP) is 2.37. The van der Waals surface area contributed by atoms with E-state index in [9.17, 15) is 9.59 Å². The van der Waals surface area contributed by atoms with Crippen LogP contribution in [0.1, 0.15) is 54.9 Å². The number of amides is 2. The average molecular weight is 371 g/mol. The summed E-state index contributed by atoms with van der Waals surface area (Å²) in [6.45, 7) is 7.57. The van der Waals surface area contributed by atoms with Crippen molar-refractivity contribution in [1.29, 1.82) is 0 Å². The molecule has 0 unspecified atom stereocenters. The van der Waals surface area contributed by atoms with Gasteiger partial charge in [-0.1, -0.05) is 24.7 Å². The predicted molar refractivity (Wildman–Crippen MR) is 106 cm³/mol. The third kappa shape index (κ3) is 7.26. The third-order valence-electron chi connectivity index (χ3n) is 4.45. The number of carbonyl (C=O) groups excluding carboxylic acids is 2. The van der Waals surface area contributed by atoms with Crippen LogP contribution in [0.3, 0.4) is 0 Å². The molecule has 1 saturated carbocycles. The van der Waals surface area contributed by atoms with Crippen molar-refractivity contribution in [2.24, 2.45) is 11.7 Å². The Balaban J connectivity index is 0.00000176. The van der Waals surface area contributed by atoms with Gasteiger partial charge in [0.05, 0.1) is 0 Å². The molecule has 146 valence electrons. The molecule has 2 amide bonds. The maximum atomic E-state index is 12.2. The second-order valence-corrected chi connectivity index (χ2v) is 6.52. The Morgan fingerprint density at radius 1 is 1.26 bits per heavy atom. The zero-order chi connectivity index (χ0) is 20.2. The lowest BCUT2D eigenvalue weighted by Gasteiger charge is -2.20. The molecule has 1 aromatic carbocycles. The minimum Gasteiger partial charge on any atom is -0.339 e. The molecular weight excluding hydrogens is 342 g/mol. The largest absolute Gasteiger partial charge is 0.339 e. The average Bonchev–Trinajstić information content (AvgIpc) is 3.20. The Kier molecular flexibility index (Phi) is 9.88. The normalized spacial score (nSPS) is 15.4. The fourth-order valence-electron chi connectivity index (χ4n) is 2.95. The fraction of sp³-hybridized carbons (Fsp3) is 0.429. The van der Waals surface area contributed by atoms with Crippen LogP contribution < -0.4 is 16.5 Å². The topological polar surface area (TPSA) is 104 Å². The van der Waals surface area contributed by atoms with Crippen molar-refractivity contribution >= 4 is 11.8 Å². The summed E-state index contributed by atoms with van der Waals surface area (Å²) in [6.07, 6.45) is 6.10. The molecule has 2 atom stereocenters. The van der Waals surface area contributed by atoms with Crippen LogP contribution in [-0.2, 0) is 4.79 Å². The SMILES string of the molecule is C=C.C[C@@H](N)[C@H](NC(=O)c1ccc(C#CCC2CCCC2)cc1)C(=O)NO. The Labute approximate surface area is 161 Å². The van der Waals surface area contributed by atoms with E-state index in [1.165, 1.54) is 31.2 Å². The molecule has 6 nitrogen and oxygen atoms in total. The van der Waals surface area contributed by atoms with Gasteiger partial charge < -0.3 is 11.1 Å². The standard InChI is InChI=1S/C19H25N3O3.C2H4/c1-13(20)17(19(24)22-25)21-18(23)16-11-9-15(10-12-16)8-4-7-14-5-2-3-6-14;1-2/h9-14,17,25H,2-3,5-7,20H2,1H3,(H,21,23)(H,22,24);1-2H2/t13-,17+;/m1./s1. The smallest absolute Gasteiger partial charge is 0.267 e. The molecular formula is C21H29N3O3. The van der Waals surface area contributed by atoms with Crippen molar-refractivity contribution in [2.45, 2.75) is 51.1 Å². The van der Waals surface area contributed by atoms with E-state index in [1.807, 2.05) is 0 Å². The molecule has 1 fully saturated rings. The summed E-state index contributed by atoms with van der Waals surface area (Å²) in [6, 6.07) is 5.22. The summed E-state index contributed by atoms with van der Waals surface area (Å²) in [7, 11) is 0. The van der Waals surface area contributed by atoms with Crippen molar-refractivity contribution < 1.29 is 14.8 Å². The van der Waals surface area contributed by atoms with Gasteiger partial charge in [0.25, 0.3) is 11.8 Å². The summed E-state index contributed by atoms with van der Waals surface area (Å²) in [5.74, 6) is 5.88. The van der Waals surface area contributed by atoms with Gasteiger partial charge in [-0.3, -0.25) is 14.8 Å². The van der Waals surface area contributed by atoms with Crippen molar-refractivity contribution in [3.8, 4) is 11.8 Å². The first-order chi connectivity index (χ1) is 13.0. The van der Waals surface area contributed by atoms with E-state index in [2.05, 4.69) is 30.3 Å². The zero-order valence-corrected chi connectivity index (χ0v) is 15.8. The fourth-order valence-corrected chi connectivity index (χ4v) is 2.95. The summed E-state index contributed by atoms with van der Waals surface area (Å²) >= 11 is 0. The zero-order valence-electron chi connectivity index (χ0n) is 15.8. The first-order valence-corrected chi connectivity index (χ1v) is 9.10. The van der Waals surface area contributed by atoms with Crippen molar-refractivity contribution in [1.82, 2.24) is 10.8 Å². The maximum Gasteiger partial charge on any atom is 0.267 e. The second-order valence-electron chi connectivity index (χ2n) is 6.52. The molecule has 6 heteroatoms. The van der Waals surface area contributed by atoms with Gasteiger partial charge in [-0.2, -0.15) is 0 Å². The maximum absolute atomic E-state index is 12.2. The van der Waals surface area contributed by atoms with Crippen molar-refractivity contribution in [3.63, 3.8) is 0 Å². The molecule has 0 aliphatic heterocycles. The van der Waals surface area contributed by atoms with Crippen LogP contribution in [0.5, 0.6) is 0 Å². The van der Waals surface area contributed by atoms with Crippen LogP contribution in [-0.4, -0.2) is 29.1 Å². The first-order valence-electron chi connectivity index (χ1n) is 9.10. The summed E-state index contributed by atoms with van der Waals surface area (Å²) in [5.41, 5.74) is 8.43. The highest BCUT2D eigenvalue weighted by Gasteiger charge is 2.24. The van der Waals surface area contributed by atoms with Crippen LogP contribution in [0.25, 0.3) is 0 Å². The second kappa shape index (κ2) is 11.9. The molecule has 1 aliphatic carbocycles. The lowest BCUT2D eigenvalue weighted by molar-refractivity contribution is -0.131. The van der Waals surface area contributed by atoms with Crippen molar-refractivity contribution in [3.05, 3.63) is 48.6 Å². The molecule has 0 aromatic heterocycles. The number of carbonyl (C=O) groups is 2. The monoisotopic (exact) mass is 371 g/mol. The van der Waals surface area contributed by atoms with Gasteiger partial charge >= 0.3 is 0 Å². The van der Waals surface area contributed by atoms with Gasteiger partial charge in [-0.05, 0) is 49.9 Å². The number of hydrogen-bond donors (Lipinski definition) is 4. The summed E-state index contributed by atoms with van der Waals surface area (Å²) in [4.78, 5) is 23.7. The Morgan fingerprint density at radius 3 is 2.37 bits per heavy atom. The minimum atomic E-state index is -1.01. The van der Waals surface area contributed by atoms with Crippen LogP contribution in [0.2, 0.25) is 0 Å². The van der Waals surface area contributed by atoms with Gasteiger partial charge in [0.2, 0.25) is 0 Å². The molecule has 0 spiro atoms. The van der Waals surface area contributed by atoms with Gasteiger partial charge in [0.1, 0.15) is 6.04 Å². The van der Waals surface area contributed by atoms with E-state index in [-0.39, 0.29) is 0 Å². The van der Waals surface area contributed by atoms with Crippen LogP contribution in [0.4, 0.5) is 0 Å². The van der Waals surface area contributed by atoms with E-state index in [4.69, 9.17) is 10.9 Å². The highest BCUT2D eigenvalue weighted by molar-refractivity contribution is 5.97. The van der Waals surface area contributed by atoms with Crippen LogP contribution >= 0.6 is 0 Å². The van der Waals surface area contributed by atoms with Gasteiger partial charge in [-0.15, -0.1) is 13.2 Å². The highest BCUT2D eigenvalue weighted by Crippen LogP contribution is 2.26. The van der Waals surface area contributed by atoms with Crippen LogP contribution in [0, 0.1) is 17.8 Å². The van der Waals surface area contributed by atoms with E-state index in [0.717, 1.165) is 17.9 Å². The van der Waals surface area contributed by atoms with Gasteiger partial charge in [0, 0.05) is 23.6 Å². The summed E-state index contributed by atoms with van der Waals surface area (Å²) in [5, 5.41) is 11.2. The van der Waals surface area contributed by atoms with E-state index in [1.54, 1.807) is 31.2 Å². The lowest BCUT2D eigenvalue weighted by atomic mass is 10.0. The molecule has 0 heterocycles. The van der Waals surface area contributed by atoms with Gasteiger partial charge in [0.15, 0.2) is 0 Å². The van der Waals surface area contributed by atoms with E-state index >= 15 is 0 Å². The highest BCUT2D eigenvalue weighted by atomic mass is 16.5. The molecule has 27 heavy (non-hydrogen) atoms. The Hall–Kier alpha value is -2.62. The Bertz CT molecular complexity index is 668. The molecule has 1 aromatic rings. The van der Waals surface area contributed by atoms with Crippen LogP contribution in [0.15, 0.2) is 37.4 Å². The number of hydrogen-bond acceptors (Lipinski definition) is 4. The molecule has 2 rings (SSSR count). The number of nitrogens with one attached hydrogen (secondary N) is 2. The molecule has 0 radical (unpaired) electrons. The molecule has 1 aliphatic rings. The number of nitrogens with two attached hydrogens (primary N) is 1. The lowest BCUT2D eigenvalue weighted by Crippen LogP contribution is -2.54. The van der Waals surface area contributed by atoms with E-state index in [0.29, 0.717) is 5.56 Å². The number of rotatable bonds is 5. The van der Waals surface area contributed by atoms with E-state index < -0.39 is 23.9 Å². The molecule has 0 saturated heterocycles. The van der Waals surface area contributed by atoms with Crippen molar-refractivity contribution in [2.75, 3.05) is 0 Å². The molecule has 0 bridgehead atoms. The van der Waals surface area contributed by atoms with Gasteiger partial charge in [-0.25, -0.2) is 5.48 Å².